The molecule has 8 heteroatoms. The van der Waals surface area contributed by atoms with Crippen molar-refractivity contribution in [2.24, 2.45) is 11.7 Å². The number of nitrogens with two attached hydrogens (primary N) is 1. The van der Waals surface area contributed by atoms with Crippen molar-refractivity contribution >= 4 is 10.2 Å². The quantitative estimate of drug-likeness (QED) is 0.596. The van der Waals surface area contributed by atoms with Crippen LogP contribution in [0, 0.1) is 5.92 Å². The summed E-state index contributed by atoms with van der Waals surface area (Å²) in [6.45, 7) is 3.00. The fraction of sp³-hybridized carbons (Fsp3) is 1.00. The first-order valence-corrected chi connectivity index (χ1v) is 7.89. The van der Waals surface area contributed by atoms with Crippen molar-refractivity contribution in [3.8, 4) is 0 Å². The molecule has 1 aliphatic heterocycles. The Morgan fingerprint density at radius 1 is 1.26 bits per heavy atom. The zero-order valence-electron chi connectivity index (χ0n) is 11.7. The third-order valence-corrected chi connectivity index (χ3v) is 5.33. The molecule has 0 aromatic heterocycles. The topological polar surface area (TPSA) is 85.1 Å². The van der Waals surface area contributed by atoms with Crippen molar-refractivity contribution in [2.75, 3.05) is 60.2 Å². The Hall–Kier alpha value is -0.250. The van der Waals surface area contributed by atoms with Gasteiger partial charge >= 0.3 is 0 Å². The molecular weight excluding hydrogens is 270 g/mol. The fourth-order valence-corrected chi connectivity index (χ4v) is 3.76. The predicted molar refractivity (Wildman–Crippen MR) is 73.0 cm³/mol. The van der Waals surface area contributed by atoms with Crippen LogP contribution in [0.15, 0.2) is 0 Å². The monoisotopic (exact) mass is 295 g/mol. The summed E-state index contributed by atoms with van der Waals surface area (Å²) < 4.78 is 37.9. The summed E-state index contributed by atoms with van der Waals surface area (Å²) in [6.07, 6.45) is 0.831. The van der Waals surface area contributed by atoms with Crippen LogP contribution in [0.4, 0.5) is 0 Å². The van der Waals surface area contributed by atoms with Crippen molar-refractivity contribution in [2.45, 2.75) is 6.42 Å². The Labute approximate surface area is 115 Å². The maximum Gasteiger partial charge on any atom is 0.282 e. The second-order valence-electron chi connectivity index (χ2n) is 4.64. The molecule has 0 aromatic carbocycles. The number of hydrogen-bond acceptors (Lipinski definition) is 5. The first kappa shape index (κ1) is 16.8. The minimum Gasteiger partial charge on any atom is -0.383 e. The molecule has 0 bridgehead atoms. The van der Waals surface area contributed by atoms with Gasteiger partial charge in [0, 0.05) is 40.4 Å². The fourth-order valence-electron chi connectivity index (χ4n) is 2.09. The van der Waals surface area contributed by atoms with Crippen molar-refractivity contribution in [3.05, 3.63) is 0 Å². The van der Waals surface area contributed by atoms with Gasteiger partial charge in [-0.05, 0) is 18.9 Å². The van der Waals surface area contributed by atoms with Crippen LogP contribution in [0.2, 0.25) is 0 Å². The van der Waals surface area contributed by atoms with Crippen molar-refractivity contribution in [1.82, 2.24) is 8.61 Å². The molecule has 114 valence electrons. The van der Waals surface area contributed by atoms with Gasteiger partial charge < -0.3 is 15.2 Å². The lowest BCUT2D eigenvalue weighted by Gasteiger charge is -2.27. The van der Waals surface area contributed by atoms with Crippen LogP contribution in [0.1, 0.15) is 6.42 Å². The molecule has 7 nitrogen and oxygen atoms in total. The van der Waals surface area contributed by atoms with E-state index in [4.69, 9.17) is 15.2 Å². The first-order chi connectivity index (χ1) is 9.06. The summed E-state index contributed by atoms with van der Waals surface area (Å²) in [4.78, 5) is 0. The highest BCUT2D eigenvalue weighted by Crippen LogP contribution is 2.20. The second kappa shape index (κ2) is 8.13. The maximum absolute atomic E-state index is 12.5. The molecule has 0 radical (unpaired) electrons. The largest absolute Gasteiger partial charge is 0.383 e. The van der Waals surface area contributed by atoms with Crippen LogP contribution in [0.25, 0.3) is 0 Å². The van der Waals surface area contributed by atoms with Gasteiger partial charge in [-0.1, -0.05) is 0 Å². The zero-order valence-corrected chi connectivity index (χ0v) is 12.6. The number of hydrogen-bond donors (Lipinski definition) is 1. The molecule has 1 atom stereocenters. The number of rotatable bonds is 9. The molecule has 1 unspecified atom stereocenters. The van der Waals surface area contributed by atoms with Gasteiger partial charge in [0.05, 0.1) is 13.2 Å². The minimum absolute atomic E-state index is 0.265. The van der Waals surface area contributed by atoms with Gasteiger partial charge in [-0.2, -0.15) is 17.0 Å². The predicted octanol–water partition coefficient (Wildman–Crippen LogP) is -0.893. The van der Waals surface area contributed by atoms with Crippen LogP contribution in [0.3, 0.4) is 0 Å². The summed E-state index contributed by atoms with van der Waals surface area (Å²) in [5, 5.41) is 0. The van der Waals surface area contributed by atoms with E-state index in [-0.39, 0.29) is 5.92 Å². The standard InChI is InChI=1S/C11H25N3O4S/c1-17-7-5-13(6-8-18-2)19(15,16)14-4-3-11(9-12)10-14/h11H,3-10,12H2,1-2H3. The zero-order chi connectivity index (χ0) is 14.3. The van der Waals surface area contributed by atoms with E-state index >= 15 is 0 Å². The SMILES string of the molecule is COCCN(CCOC)S(=O)(=O)N1CCC(CN)C1. The van der Waals surface area contributed by atoms with E-state index in [1.165, 1.54) is 8.61 Å². The van der Waals surface area contributed by atoms with Gasteiger partial charge in [-0.3, -0.25) is 0 Å². The van der Waals surface area contributed by atoms with E-state index in [9.17, 15) is 8.42 Å². The number of ether oxygens (including phenoxy) is 2. The maximum atomic E-state index is 12.5. The minimum atomic E-state index is -3.44. The molecule has 1 heterocycles. The molecule has 1 saturated heterocycles. The van der Waals surface area contributed by atoms with E-state index in [0.29, 0.717) is 45.9 Å². The van der Waals surface area contributed by atoms with Crippen molar-refractivity contribution in [3.63, 3.8) is 0 Å². The smallest absolute Gasteiger partial charge is 0.282 e. The van der Waals surface area contributed by atoms with E-state index in [0.717, 1.165) is 6.42 Å². The molecule has 1 fully saturated rings. The van der Waals surface area contributed by atoms with Gasteiger partial charge in [0.15, 0.2) is 0 Å². The van der Waals surface area contributed by atoms with E-state index in [1.807, 2.05) is 0 Å². The Morgan fingerprint density at radius 2 is 1.84 bits per heavy atom. The molecule has 0 amide bonds. The summed E-state index contributed by atoms with van der Waals surface area (Å²) in [5.41, 5.74) is 5.60. The van der Waals surface area contributed by atoms with E-state index in [1.54, 1.807) is 14.2 Å². The summed E-state index contributed by atoms with van der Waals surface area (Å²) in [5.74, 6) is 0.265. The first-order valence-electron chi connectivity index (χ1n) is 6.49. The van der Waals surface area contributed by atoms with E-state index in [2.05, 4.69) is 0 Å². The average Bonchev–Trinajstić information content (AvgIpc) is 2.88. The van der Waals surface area contributed by atoms with Crippen molar-refractivity contribution in [1.29, 1.82) is 0 Å². The molecule has 0 aromatic rings. The van der Waals surface area contributed by atoms with Crippen LogP contribution < -0.4 is 5.73 Å². The Morgan fingerprint density at radius 3 is 2.26 bits per heavy atom. The van der Waals surface area contributed by atoms with Gasteiger partial charge in [-0.15, -0.1) is 0 Å². The molecule has 1 aliphatic rings. The highest BCUT2D eigenvalue weighted by atomic mass is 32.2. The van der Waals surface area contributed by atoms with Gasteiger partial charge in [0.25, 0.3) is 10.2 Å². The molecule has 0 spiro atoms. The highest BCUT2D eigenvalue weighted by molar-refractivity contribution is 7.86. The average molecular weight is 295 g/mol. The van der Waals surface area contributed by atoms with Crippen LogP contribution in [-0.4, -0.2) is 77.2 Å². The normalized spacial score (nSPS) is 21.4. The second-order valence-corrected chi connectivity index (χ2v) is 6.57. The van der Waals surface area contributed by atoms with Crippen LogP contribution in [0.5, 0.6) is 0 Å². The Balaban J connectivity index is 2.68. The lowest BCUT2D eigenvalue weighted by Crippen LogP contribution is -2.45. The molecular formula is C11H25N3O4S. The van der Waals surface area contributed by atoms with Gasteiger partial charge in [-0.25, -0.2) is 0 Å². The summed E-state index contributed by atoms with van der Waals surface area (Å²) >= 11 is 0. The number of nitrogens with zero attached hydrogens (tertiary/aromatic N) is 2. The molecule has 0 aliphatic carbocycles. The highest BCUT2D eigenvalue weighted by Gasteiger charge is 2.34. The lowest BCUT2D eigenvalue weighted by atomic mass is 10.1. The Bertz CT molecular complexity index is 342. The molecule has 2 N–H and O–H groups in total. The van der Waals surface area contributed by atoms with Crippen LogP contribution >= 0.6 is 0 Å². The third kappa shape index (κ3) is 4.66. The van der Waals surface area contributed by atoms with E-state index < -0.39 is 10.2 Å². The third-order valence-electron chi connectivity index (χ3n) is 3.32. The molecule has 1 rings (SSSR count). The summed E-state index contributed by atoms with van der Waals surface area (Å²) in [7, 11) is -0.323. The number of methoxy groups -OCH3 is 2. The van der Waals surface area contributed by atoms with Gasteiger partial charge in [0.1, 0.15) is 0 Å². The summed E-state index contributed by atoms with van der Waals surface area (Å²) in [6, 6.07) is 0. The molecule has 19 heavy (non-hydrogen) atoms. The van der Waals surface area contributed by atoms with Crippen molar-refractivity contribution < 1.29 is 17.9 Å². The lowest BCUT2D eigenvalue weighted by molar-refractivity contribution is 0.147. The van der Waals surface area contributed by atoms with Gasteiger partial charge in [0.2, 0.25) is 0 Å². The molecule has 0 saturated carbocycles. The van der Waals surface area contributed by atoms with Crippen LogP contribution in [-0.2, 0) is 19.7 Å². The Kier molecular flexibility index (Phi) is 7.19.